The third-order valence-electron chi connectivity index (χ3n) is 4.93. The van der Waals surface area contributed by atoms with Crippen LogP contribution in [0.4, 0.5) is 5.69 Å². The van der Waals surface area contributed by atoms with Crippen molar-refractivity contribution in [1.29, 1.82) is 0 Å². The number of carbonyl (C=O) groups excluding carboxylic acids is 1. The fourth-order valence-electron chi connectivity index (χ4n) is 3.43. The van der Waals surface area contributed by atoms with Crippen LogP contribution in [0, 0.1) is 0 Å². The molecule has 7 nitrogen and oxygen atoms in total. The monoisotopic (exact) mass is 382 g/mol. The third kappa shape index (κ3) is 5.03. The van der Waals surface area contributed by atoms with Gasteiger partial charge in [-0.1, -0.05) is 18.9 Å². The molecule has 1 aromatic carbocycles. The average molecular weight is 383 g/mol. The van der Waals surface area contributed by atoms with Crippen molar-refractivity contribution < 1.29 is 22.8 Å². The molecule has 144 valence electrons. The van der Waals surface area contributed by atoms with Gasteiger partial charge in [0, 0.05) is 18.8 Å². The summed E-state index contributed by atoms with van der Waals surface area (Å²) in [6.45, 7) is 4.48. The highest BCUT2D eigenvalue weighted by molar-refractivity contribution is 7.89. The van der Waals surface area contributed by atoms with Crippen LogP contribution in [-0.4, -0.2) is 64.6 Å². The minimum absolute atomic E-state index is 0.105. The van der Waals surface area contributed by atoms with E-state index in [1.165, 1.54) is 4.90 Å². The highest BCUT2D eigenvalue weighted by Crippen LogP contribution is 2.22. The first-order valence-electron chi connectivity index (χ1n) is 9.37. The molecule has 0 atom stereocenters. The molecule has 2 N–H and O–H groups in total. The topological polar surface area (TPSA) is 80.1 Å². The Kier molecular flexibility index (Phi) is 6.63. The van der Waals surface area contributed by atoms with Crippen LogP contribution in [0.3, 0.4) is 0 Å². The number of rotatable bonds is 5. The van der Waals surface area contributed by atoms with E-state index in [0.717, 1.165) is 38.8 Å². The number of hydrogen-bond donors (Lipinski definition) is 2. The number of carbonyl (C=O) groups is 1. The standard InChI is InChI=1S/C18H27N3O4S/c22-18(15-20-10-12-25-13-11-20)19-16-6-5-7-17(14-16)26(23,24)21-8-3-1-2-4-9-21/h5-7,14H,1-4,8-13,15H2,(H,19,22)/p+1. The van der Waals surface area contributed by atoms with E-state index in [1.54, 1.807) is 28.6 Å². The molecule has 1 aromatic rings. The first-order valence-corrected chi connectivity index (χ1v) is 10.8. The van der Waals surface area contributed by atoms with Crippen LogP contribution in [-0.2, 0) is 19.6 Å². The molecular formula is C18H28N3O4S+. The van der Waals surface area contributed by atoms with Crippen molar-refractivity contribution in [3.63, 3.8) is 0 Å². The molecule has 0 radical (unpaired) electrons. The van der Waals surface area contributed by atoms with Gasteiger partial charge in [0.25, 0.3) is 5.91 Å². The molecule has 0 spiro atoms. The van der Waals surface area contributed by atoms with E-state index in [4.69, 9.17) is 4.74 Å². The summed E-state index contributed by atoms with van der Waals surface area (Å²) < 4.78 is 32.6. The quantitative estimate of drug-likeness (QED) is 0.757. The van der Waals surface area contributed by atoms with Gasteiger partial charge in [-0.05, 0) is 31.0 Å². The molecule has 26 heavy (non-hydrogen) atoms. The first kappa shape index (κ1) is 19.3. The zero-order valence-electron chi connectivity index (χ0n) is 15.1. The Labute approximate surface area is 155 Å². The number of sulfonamides is 1. The van der Waals surface area contributed by atoms with Crippen LogP contribution in [0.25, 0.3) is 0 Å². The van der Waals surface area contributed by atoms with Gasteiger partial charge < -0.3 is 15.0 Å². The lowest BCUT2D eigenvalue weighted by Gasteiger charge is -2.23. The van der Waals surface area contributed by atoms with E-state index in [2.05, 4.69) is 5.32 Å². The minimum Gasteiger partial charge on any atom is -0.370 e. The zero-order valence-corrected chi connectivity index (χ0v) is 15.9. The van der Waals surface area contributed by atoms with Crippen LogP contribution >= 0.6 is 0 Å². The Morgan fingerprint density at radius 3 is 2.50 bits per heavy atom. The molecule has 0 aromatic heterocycles. The number of benzene rings is 1. The number of ether oxygens (including phenoxy) is 1. The lowest BCUT2D eigenvalue weighted by atomic mass is 10.2. The largest absolute Gasteiger partial charge is 0.370 e. The summed E-state index contributed by atoms with van der Waals surface area (Å²) in [6, 6.07) is 6.58. The predicted octanol–water partition coefficient (Wildman–Crippen LogP) is 0.105. The molecule has 0 bridgehead atoms. The summed E-state index contributed by atoms with van der Waals surface area (Å²) in [7, 11) is -3.51. The highest BCUT2D eigenvalue weighted by atomic mass is 32.2. The molecule has 2 saturated heterocycles. The number of anilines is 1. The van der Waals surface area contributed by atoms with Crippen LogP contribution in [0.15, 0.2) is 29.2 Å². The summed E-state index contributed by atoms with van der Waals surface area (Å²) in [6.07, 6.45) is 3.95. The van der Waals surface area contributed by atoms with Gasteiger partial charge in [-0.3, -0.25) is 4.79 Å². The van der Waals surface area contributed by atoms with E-state index in [9.17, 15) is 13.2 Å². The molecule has 2 fully saturated rings. The van der Waals surface area contributed by atoms with Crippen molar-refractivity contribution in [1.82, 2.24) is 4.31 Å². The van der Waals surface area contributed by atoms with Crippen LogP contribution in [0.1, 0.15) is 25.7 Å². The Balaban J connectivity index is 1.66. The SMILES string of the molecule is O=C(C[NH+]1CCOCC1)Nc1cccc(S(=O)(=O)N2CCCCCC2)c1. The number of quaternary nitrogens is 1. The second kappa shape index (κ2) is 8.94. The molecule has 0 saturated carbocycles. The number of nitrogens with zero attached hydrogens (tertiary/aromatic N) is 1. The van der Waals surface area contributed by atoms with E-state index in [-0.39, 0.29) is 10.8 Å². The lowest BCUT2D eigenvalue weighted by Crippen LogP contribution is -3.15. The third-order valence-corrected chi connectivity index (χ3v) is 6.83. The molecule has 2 aliphatic rings. The Morgan fingerprint density at radius 1 is 1.12 bits per heavy atom. The summed E-state index contributed by atoms with van der Waals surface area (Å²) in [5, 5.41) is 2.83. The maximum absolute atomic E-state index is 12.9. The van der Waals surface area contributed by atoms with Gasteiger partial charge >= 0.3 is 0 Å². The van der Waals surface area contributed by atoms with Gasteiger partial charge in [0.15, 0.2) is 6.54 Å². The second-order valence-electron chi connectivity index (χ2n) is 6.93. The number of morpholine rings is 1. The Morgan fingerprint density at radius 2 is 1.81 bits per heavy atom. The summed E-state index contributed by atoms with van der Waals surface area (Å²) in [4.78, 5) is 13.7. The van der Waals surface area contributed by atoms with E-state index in [1.807, 2.05) is 0 Å². The minimum atomic E-state index is -3.51. The number of nitrogens with one attached hydrogen (secondary N) is 2. The van der Waals surface area contributed by atoms with E-state index < -0.39 is 10.0 Å². The van der Waals surface area contributed by atoms with Crippen molar-refractivity contribution in [3.8, 4) is 0 Å². The maximum Gasteiger partial charge on any atom is 0.279 e. The van der Waals surface area contributed by atoms with Crippen LogP contribution in [0.5, 0.6) is 0 Å². The maximum atomic E-state index is 12.9. The second-order valence-corrected chi connectivity index (χ2v) is 8.87. The molecule has 3 rings (SSSR count). The fraction of sp³-hybridized carbons (Fsp3) is 0.611. The molecule has 8 heteroatoms. The molecular weight excluding hydrogens is 354 g/mol. The van der Waals surface area contributed by atoms with Crippen molar-refractivity contribution in [2.24, 2.45) is 0 Å². The first-order chi connectivity index (χ1) is 12.6. The number of hydrogen-bond acceptors (Lipinski definition) is 4. The van der Waals surface area contributed by atoms with E-state index >= 15 is 0 Å². The van der Waals surface area contributed by atoms with Gasteiger partial charge in [-0.2, -0.15) is 4.31 Å². The Bertz CT molecular complexity index is 709. The van der Waals surface area contributed by atoms with Gasteiger partial charge in [-0.25, -0.2) is 8.42 Å². The summed E-state index contributed by atoms with van der Waals surface area (Å²) in [5.41, 5.74) is 0.526. The van der Waals surface area contributed by atoms with Gasteiger partial charge in [-0.15, -0.1) is 0 Å². The molecule has 0 aliphatic carbocycles. The van der Waals surface area contributed by atoms with Crippen molar-refractivity contribution in [3.05, 3.63) is 24.3 Å². The van der Waals surface area contributed by atoms with Gasteiger partial charge in [0.05, 0.1) is 18.1 Å². The molecule has 0 unspecified atom stereocenters. The summed E-state index contributed by atoms with van der Waals surface area (Å²) in [5.74, 6) is -0.105. The van der Waals surface area contributed by atoms with Gasteiger partial charge in [0.2, 0.25) is 10.0 Å². The van der Waals surface area contributed by atoms with Crippen molar-refractivity contribution in [2.75, 3.05) is 51.3 Å². The van der Waals surface area contributed by atoms with Crippen LogP contribution < -0.4 is 10.2 Å². The smallest absolute Gasteiger partial charge is 0.279 e. The zero-order chi connectivity index (χ0) is 18.4. The lowest BCUT2D eigenvalue weighted by molar-refractivity contribution is -0.899. The normalized spacial score (nSPS) is 20.5. The molecule has 2 aliphatic heterocycles. The highest BCUT2D eigenvalue weighted by Gasteiger charge is 2.25. The number of amides is 1. The molecule has 2 heterocycles. The van der Waals surface area contributed by atoms with Gasteiger partial charge in [0.1, 0.15) is 13.1 Å². The van der Waals surface area contributed by atoms with Crippen molar-refractivity contribution >= 4 is 21.6 Å². The van der Waals surface area contributed by atoms with E-state index in [0.29, 0.717) is 38.5 Å². The van der Waals surface area contributed by atoms with Crippen LogP contribution in [0.2, 0.25) is 0 Å². The van der Waals surface area contributed by atoms with Crippen molar-refractivity contribution in [2.45, 2.75) is 30.6 Å². The predicted molar refractivity (Wildman–Crippen MR) is 98.7 cm³/mol. The summed E-state index contributed by atoms with van der Waals surface area (Å²) >= 11 is 0. The Hall–Kier alpha value is -1.48. The molecule has 1 amide bonds. The fourth-order valence-corrected chi connectivity index (χ4v) is 5.00. The average Bonchev–Trinajstić information content (AvgIpc) is 2.92.